The molecule has 1 aromatic carbocycles. The first-order valence-corrected chi connectivity index (χ1v) is 9.43. The Balaban J connectivity index is 1.56. The predicted molar refractivity (Wildman–Crippen MR) is 97.2 cm³/mol. The molecule has 3 atom stereocenters. The van der Waals surface area contributed by atoms with Gasteiger partial charge in [-0.05, 0) is 32.9 Å². The monoisotopic (exact) mass is 372 g/mol. The van der Waals surface area contributed by atoms with Gasteiger partial charge in [-0.1, -0.05) is 17.7 Å². The summed E-state index contributed by atoms with van der Waals surface area (Å²) in [5, 5.41) is 5.84. The molecule has 0 aliphatic carbocycles. The Morgan fingerprint density at radius 3 is 2.62 bits per heavy atom. The van der Waals surface area contributed by atoms with Crippen LogP contribution in [0.2, 0.25) is 0 Å². The summed E-state index contributed by atoms with van der Waals surface area (Å²) >= 11 is 1.44. The maximum absolute atomic E-state index is 12.5. The van der Waals surface area contributed by atoms with Crippen LogP contribution in [0, 0.1) is 12.3 Å². The summed E-state index contributed by atoms with van der Waals surface area (Å²) in [4.78, 5) is 29.4. The highest BCUT2D eigenvalue weighted by Gasteiger charge is 2.65. The minimum absolute atomic E-state index is 0.260. The molecule has 0 unspecified atom stereocenters. The van der Waals surface area contributed by atoms with E-state index in [2.05, 4.69) is 10.3 Å². The third-order valence-corrected chi connectivity index (χ3v) is 5.79. The largest absolute Gasteiger partial charge is 0.462 e. The van der Waals surface area contributed by atoms with E-state index in [1.165, 1.54) is 16.9 Å². The van der Waals surface area contributed by atoms with Crippen LogP contribution in [0.3, 0.4) is 0 Å². The van der Waals surface area contributed by atoms with Crippen molar-refractivity contribution in [2.45, 2.75) is 45.3 Å². The zero-order chi connectivity index (χ0) is 18.5. The van der Waals surface area contributed by atoms with E-state index < -0.39 is 23.0 Å². The van der Waals surface area contributed by atoms with Crippen LogP contribution in [0.4, 0.5) is 10.8 Å². The Labute approximate surface area is 155 Å². The van der Waals surface area contributed by atoms with E-state index in [-0.39, 0.29) is 12.5 Å². The van der Waals surface area contributed by atoms with E-state index in [4.69, 9.17) is 9.47 Å². The fourth-order valence-corrected chi connectivity index (χ4v) is 4.54. The number of hydrogen-bond acceptors (Lipinski definition) is 7. The van der Waals surface area contributed by atoms with E-state index in [1.54, 1.807) is 13.8 Å². The number of rotatable bonds is 3. The molecule has 0 amide bonds. The number of nitrogens with one attached hydrogen (secondary N) is 1. The molecule has 2 fully saturated rings. The average molecular weight is 372 g/mol. The second kappa shape index (κ2) is 5.81. The molecular weight excluding hydrogens is 352 g/mol. The summed E-state index contributed by atoms with van der Waals surface area (Å²) in [7, 11) is 0. The van der Waals surface area contributed by atoms with Gasteiger partial charge in [-0.15, -0.1) is 11.3 Å². The molecular formula is C19H20N2O4S. The van der Waals surface area contributed by atoms with E-state index in [0.717, 1.165) is 5.69 Å². The highest BCUT2D eigenvalue weighted by atomic mass is 32.1. The van der Waals surface area contributed by atoms with Crippen molar-refractivity contribution in [1.82, 2.24) is 4.98 Å². The number of ether oxygens (including phenoxy) is 2. The van der Waals surface area contributed by atoms with Crippen LogP contribution >= 0.6 is 11.3 Å². The van der Waals surface area contributed by atoms with Crippen LogP contribution in [0.1, 0.15) is 37.9 Å². The van der Waals surface area contributed by atoms with E-state index in [9.17, 15) is 9.59 Å². The minimum Gasteiger partial charge on any atom is -0.462 e. The molecule has 7 heteroatoms. The molecule has 1 N–H and O–H groups in total. The molecule has 1 aromatic heterocycles. The zero-order valence-electron chi connectivity index (χ0n) is 14.9. The zero-order valence-corrected chi connectivity index (χ0v) is 15.7. The summed E-state index contributed by atoms with van der Waals surface area (Å²) in [6.07, 6.45) is 0.348. The first kappa shape index (κ1) is 17.0. The standard InChI is InChI=1S/C19H20N2O4S/c1-11-4-6-13(7-5-11)20-17-21-14(9-26-17)18(3)10-19(16(23)25-18)8-12(2)24-15(19)22/h4-7,9,12H,8,10H2,1-3H3,(H,20,21)/t12-,18+,19+/m1/s1. The first-order chi connectivity index (χ1) is 12.3. The molecule has 2 saturated heterocycles. The number of cyclic esters (lactones) is 2. The van der Waals surface area contributed by atoms with E-state index >= 15 is 0 Å². The lowest BCUT2D eigenvalue weighted by molar-refractivity contribution is -0.160. The van der Waals surface area contributed by atoms with Crippen molar-refractivity contribution < 1.29 is 19.1 Å². The van der Waals surface area contributed by atoms with Gasteiger partial charge in [0.25, 0.3) is 0 Å². The van der Waals surface area contributed by atoms with Gasteiger partial charge in [-0.3, -0.25) is 9.59 Å². The van der Waals surface area contributed by atoms with Crippen LogP contribution in [-0.2, 0) is 24.7 Å². The van der Waals surface area contributed by atoms with E-state index in [1.807, 2.05) is 36.6 Å². The van der Waals surface area contributed by atoms with Gasteiger partial charge in [0.2, 0.25) is 0 Å². The van der Waals surface area contributed by atoms with Crippen LogP contribution in [0.25, 0.3) is 0 Å². The van der Waals surface area contributed by atoms with Gasteiger partial charge in [0.05, 0.1) is 5.69 Å². The highest BCUT2D eigenvalue weighted by molar-refractivity contribution is 7.13. The third-order valence-electron chi connectivity index (χ3n) is 5.03. The minimum atomic E-state index is -1.19. The predicted octanol–water partition coefficient (Wildman–Crippen LogP) is 3.68. The average Bonchev–Trinajstić information content (AvgIpc) is 3.22. The number of carbonyl (C=O) groups excluding carboxylic acids is 2. The molecule has 2 aliphatic rings. The van der Waals surface area contributed by atoms with Crippen molar-refractivity contribution in [1.29, 1.82) is 0 Å². The molecule has 3 heterocycles. The number of carbonyl (C=O) groups is 2. The SMILES string of the molecule is Cc1ccc(Nc2nc([C@]3(C)C[C@]4(C[C@@H](C)OC4=O)C(=O)O3)cs2)cc1. The molecule has 26 heavy (non-hydrogen) atoms. The summed E-state index contributed by atoms with van der Waals surface area (Å²) in [5.74, 6) is -0.984. The molecule has 1 spiro atoms. The third kappa shape index (κ3) is 2.67. The van der Waals surface area contributed by atoms with Crippen LogP contribution < -0.4 is 5.32 Å². The summed E-state index contributed by atoms with van der Waals surface area (Å²) in [5.41, 5.74) is 0.653. The fourth-order valence-electron chi connectivity index (χ4n) is 3.69. The number of benzene rings is 1. The number of nitrogens with zero attached hydrogens (tertiary/aromatic N) is 1. The Hall–Kier alpha value is -2.41. The lowest BCUT2D eigenvalue weighted by Crippen LogP contribution is -2.31. The molecule has 0 bridgehead atoms. The summed E-state index contributed by atoms with van der Waals surface area (Å²) < 4.78 is 10.9. The normalized spacial score (nSPS) is 30.5. The molecule has 2 aliphatic heterocycles. The fraction of sp³-hybridized carbons (Fsp3) is 0.421. The van der Waals surface area contributed by atoms with Crippen LogP contribution in [0.15, 0.2) is 29.6 Å². The van der Waals surface area contributed by atoms with Gasteiger partial charge in [0.15, 0.2) is 16.1 Å². The maximum Gasteiger partial charge on any atom is 0.324 e. The lowest BCUT2D eigenvalue weighted by atomic mass is 9.78. The summed E-state index contributed by atoms with van der Waals surface area (Å²) in [6, 6.07) is 8.01. The maximum atomic E-state index is 12.5. The highest BCUT2D eigenvalue weighted by Crippen LogP contribution is 2.52. The van der Waals surface area contributed by atoms with Gasteiger partial charge in [0, 0.05) is 23.9 Å². The van der Waals surface area contributed by atoms with Crippen molar-refractivity contribution in [3.8, 4) is 0 Å². The van der Waals surface area contributed by atoms with Gasteiger partial charge >= 0.3 is 11.9 Å². The van der Waals surface area contributed by atoms with Crippen LogP contribution in [0.5, 0.6) is 0 Å². The van der Waals surface area contributed by atoms with Crippen molar-refractivity contribution >= 4 is 34.1 Å². The molecule has 6 nitrogen and oxygen atoms in total. The second-order valence-electron chi connectivity index (χ2n) is 7.33. The number of anilines is 2. The van der Waals surface area contributed by atoms with Crippen molar-refractivity contribution in [2.24, 2.45) is 5.41 Å². The molecule has 136 valence electrons. The molecule has 4 rings (SSSR count). The van der Waals surface area contributed by atoms with Crippen molar-refractivity contribution in [3.05, 3.63) is 40.9 Å². The number of aryl methyl sites for hydroxylation is 1. The molecule has 2 aromatic rings. The van der Waals surface area contributed by atoms with Crippen molar-refractivity contribution in [2.75, 3.05) is 5.32 Å². The Bertz CT molecular complexity index is 878. The van der Waals surface area contributed by atoms with Gasteiger partial charge < -0.3 is 14.8 Å². The van der Waals surface area contributed by atoms with Crippen LogP contribution in [-0.4, -0.2) is 23.0 Å². The lowest BCUT2D eigenvalue weighted by Gasteiger charge is -2.20. The molecule has 0 saturated carbocycles. The van der Waals surface area contributed by atoms with Gasteiger partial charge in [-0.25, -0.2) is 4.98 Å². The number of thiazole rings is 1. The second-order valence-corrected chi connectivity index (χ2v) is 8.19. The van der Waals surface area contributed by atoms with Gasteiger partial charge in [-0.2, -0.15) is 0 Å². The Morgan fingerprint density at radius 2 is 1.96 bits per heavy atom. The number of hydrogen-bond donors (Lipinski definition) is 1. The Kier molecular flexibility index (Phi) is 3.80. The topological polar surface area (TPSA) is 77.5 Å². The number of esters is 2. The Morgan fingerprint density at radius 1 is 1.23 bits per heavy atom. The van der Waals surface area contributed by atoms with E-state index in [0.29, 0.717) is 17.2 Å². The van der Waals surface area contributed by atoms with Gasteiger partial charge in [0.1, 0.15) is 6.10 Å². The molecule has 0 radical (unpaired) electrons. The number of aromatic nitrogens is 1. The first-order valence-electron chi connectivity index (χ1n) is 8.55. The summed E-state index contributed by atoms with van der Waals surface area (Å²) in [6.45, 7) is 5.63. The quantitative estimate of drug-likeness (QED) is 0.654. The van der Waals surface area contributed by atoms with Crippen molar-refractivity contribution in [3.63, 3.8) is 0 Å². The smallest absolute Gasteiger partial charge is 0.324 e.